The third-order valence-corrected chi connectivity index (χ3v) is 8.95. The first kappa shape index (κ1) is 48.2. The van der Waals surface area contributed by atoms with E-state index in [9.17, 15) is 14.3 Å². The molecule has 0 aromatic heterocycles. The molecule has 290 valence electrons. The number of nitrogens with two attached hydrogens (primary N) is 1. The smallest absolute Gasteiger partial charge is 0.457 e. The molecule has 0 aliphatic heterocycles. The number of allylic oxidation sites excluding steroid dienone is 9. The van der Waals surface area contributed by atoms with Gasteiger partial charge in [-0.25, -0.2) is 4.57 Å². The molecule has 0 amide bonds. The first-order valence-corrected chi connectivity index (χ1v) is 21.3. The summed E-state index contributed by atoms with van der Waals surface area (Å²) in [5.74, 6) is -0.356. The van der Waals surface area contributed by atoms with Crippen LogP contribution >= 0.6 is 7.82 Å². The second-order valence-corrected chi connectivity index (χ2v) is 14.2. The molecule has 0 aromatic rings. The van der Waals surface area contributed by atoms with Crippen LogP contribution in [-0.4, -0.2) is 49.9 Å². The first-order valence-electron chi connectivity index (χ1n) is 19.8. The number of phosphoric acid groups is 1. The van der Waals surface area contributed by atoms with Crippen molar-refractivity contribution in [3.63, 3.8) is 0 Å². The second kappa shape index (κ2) is 38.4. The Hall–Kier alpha value is -1.80. The van der Waals surface area contributed by atoms with Crippen LogP contribution in [0.1, 0.15) is 155 Å². The summed E-state index contributed by atoms with van der Waals surface area (Å²) in [6.07, 6.45) is 45.4. The summed E-state index contributed by atoms with van der Waals surface area (Å²) in [5, 5.41) is 0. The Bertz CT molecular complexity index is 947. The van der Waals surface area contributed by atoms with Crippen LogP contribution in [-0.2, 0) is 27.9 Å². The summed E-state index contributed by atoms with van der Waals surface area (Å²) >= 11 is 0. The molecule has 9 heteroatoms. The maximum Gasteiger partial charge on any atom is 0.472 e. The van der Waals surface area contributed by atoms with Gasteiger partial charge in [-0.15, -0.1) is 0 Å². The second-order valence-electron chi connectivity index (χ2n) is 12.8. The summed E-state index contributed by atoms with van der Waals surface area (Å²) in [6, 6.07) is 0. The van der Waals surface area contributed by atoms with E-state index in [-0.39, 0.29) is 32.3 Å². The molecule has 0 rings (SSSR count). The van der Waals surface area contributed by atoms with E-state index in [1.54, 1.807) is 0 Å². The van der Waals surface area contributed by atoms with Crippen molar-refractivity contribution < 1.29 is 32.8 Å². The average Bonchev–Trinajstić information content (AvgIpc) is 3.10. The van der Waals surface area contributed by atoms with Crippen LogP contribution in [0.2, 0.25) is 0 Å². The van der Waals surface area contributed by atoms with Gasteiger partial charge in [0.05, 0.1) is 26.4 Å². The summed E-state index contributed by atoms with van der Waals surface area (Å²) in [7, 11) is -4.29. The van der Waals surface area contributed by atoms with Crippen molar-refractivity contribution in [2.24, 2.45) is 5.73 Å². The van der Waals surface area contributed by atoms with Crippen molar-refractivity contribution in [2.75, 3.05) is 33.0 Å². The van der Waals surface area contributed by atoms with Crippen LogP contribution in [0, 0.1) is 0 Å². The van der Waals surface area contributed by atoms with Gasteiger partial charge in [-0.05, 0) is 44.9 Å². The molecule has 0 heterocycles. The standard InChI is InChI=1S/C41H74NO7P/c1-3-5-7-9-11-13-15-17-19-21-23-25-27-29-31-33-36-46-38-40(39-48-50(44,45)47-37-35-42)49-41(43)34-32-30-28-26-24-22-20-18-16-14-12-10-8-6-4-2/h5,7,11,13,17,19,23,25,29,31,40H,3-4,6,8-10,12,14-16,18,20-22,24,26-28,30,32-39,42H2,1-2H3,(H,44,45)/b7-5-,13-11-,19-17-,25-23-,31-29-. The van der Waals surface area contributed by atoms with Gasteiger partial charge in [0.15, 0.2) is 0 Å². The fraction of sp³-hybridized carbons (Fsp3) is 0.732. The molecule has 0 spiro atoms. The molecule has 3 N–H and O–H groups in total. The van der Waals surface area contributed by atoms with Crippen molar-refractivity contribution in [1.29, 1.82) is 0 Å². The van der Waals surface area contributed by atoms with Crippen molar-refractivity contribution in [1.82, 2.24) is 0 Å². The molecule has 8 nitrogen and oxygen atoms in total. The molecule has 0 aliphatic rings. The van der Waals surface area contributed by atoms with Crippen LogP contribution in [0.3, 0.4) is 0 Å². The molecular formula is C41H74NO7P. The summed E-state index contributed by atoms with van der Waals surface area (Å²) in [4.78, 5) is 22.4. The fourth-order valence-corrected chi connectivity index (χ4v) is 5.88. The van der Waals surface area contributed by atoms with E-state index in [1.807, 2.05) is 0 Å². The van der Waals surface area contributed by atoms with Gasteiger partial charge in [0.2, 0.25) is 0 Å². The molecule has 50 heavy (non-hydrogen) atoms. The number of hydrogen-bond donors (Lipinski definition) is 2. The number of rotatable bonds is 37. The SMILES string of the molecule is CC/C=C\C/C=C\C/C=C\C/C=C\C/C=C\CCOCC(COP(=O)(O)OCCN)OC(=O)CCCCCCCCCCCCCCCCC. The zero-order valence-corrected chi connectivity index (χ0v) is 32.8. The van der Waals surface area contributed by atoms with Gasteiger partial charge < -0.3 is 20.1 Å². The summed E-state index contributed by atoms with van der Waals surface area (Å²) in [5.41, 5.74) is 5.35. The normalized spacial score (nSPS) is 14.2. The average molecular weight is 724 g/mol. The van der Waals surface area contributed by atoms with E-state index in [0.717, 1.165) is 51.4 Å². The lowest BCUT2D eigenvalue weighted by atomic mass is 10.0. The van der Waals surface area contributed by atoms with Gasteiger partial charge >= 0.3 is 13.8 Å². The highest BCUT2D eigenvalue weighted by Gasteiger charge is 2.25. The fourth-order valence-electron chi connectivity index (χ4n) is 5.12. The van der Waals surface area contributed by atoms with Crippen LogP contribution in [0.4, 0.5) is 0 Å². The number of phosphoric ester groups is 1. The first-order chi connectivity index (χ1) is 24.4. The highest BCUT2D eigenvalue weighted by molar-refractivity contribution is 7.47. The lowest BCUT2D eigenvalue weighted by Crippen LogP contribution is -2.28. The molecular weight excluding hydrogens is 649 g/mol. The Balaban J connectivity index is 4.19. The van der Waals surface area contributed by atoms with Gasteiger partial charge in [-0.1, -0.05) is 164 Å². The number of unbranched alkanes of at least 4 members (excludes halogenated alkanes) is 14. The van der Waals surface area contributed by atoms with Crippen molar-refractivity contribution in [3.8, 4) is 0 Å². The summed E-state index contributed by atoms with van der Waals surface area (Å²) in [6.45, 7) is 4.57. The molecule has 0 bridgehead atoms. The third-order valence-electron chi connectivity index (χ3n) is 7.97. The topological polar surface area (TPSA) is 117 Å². The molecule has 2 unspecified atom stereocenters. The van der Waals surface area contributed by atoms with E-state index >= 15 is 0 Å². The predicted octanol–water partition coefficient (Wildman–Crippen LogP) is 11.4. The molecule has 0 aliphatic carbocycles. The number of carbonyl (C=O) groups excluding carboxylic acids is 1. The zero-order valence-electron chi connectivity index (χ0n) is 31.9. The number of carbonyl (C=O) groups is 1. The van der Waals surface area contributed by atoms with E-state index in [0.29, 0.717) is 19.4 Å². The molecule has 0 fully saturated rings. The van der Waals surface area contributed by atoms with E-state index in [1.165, 1.54) is 77.0 Å². The molecule has 0 saturated carbocycles. The van der Waals surface area contributed by atoms with Crippen LogP contribution in [0.5, 0.6) is 0 Å². The number of hydrogen-bond acceptors (Lipinski definition) is 7. The lowest BCUT2D eigenvalue weighted by molar-refractivity contribution is -0.154. The van der Waals surface area contributed by atoms with Gasteiger partial charge in [0, 0.05) is 13.0 Å². The minimum Gasteiger partial charge on any atom is -0.457 e. The Morgan fingerprint density at radius 3 is 1.56 bits per heavy atom. The molecule has 0 aromatic carbocycles. The predicted molar refractivity (Wildman–Crippen MR) is 210 cm³/mol. The quantitative estimate of drug-likeness (QED) is 0.0281. The van der Waals surface area contributed by atoms with E-state index in [4.69, 9.17) is 24.3 Å². The van der Waals surface area contributed by atoms with Crippen LogP contribution in [0.25, 0.3) is 0 Å². The Labute approximate surface area is 306 Å². The minimum atomic E-state index is -4.29. The Morgan fingerprint density at radius 1 is 0.620 bits per heavy atom. The highest BCUT2D eigenvalue weighted by atomic mass is 31.2. The number of esters is 1. The lowest BCUT2D eigenvalue weighted by Gasteiger charge is -2.19. The van der Waals surface area contributed by atoms with Crippen molar-refractivity contribution >= 4 is 13.8 Å². The largest absolute Gasteiger partial charge is 0.472 e. The monoisotopic (exact) mass is 724 g/mol. The Morgan fingerprint density at radius 2 is 1.08 bits per heavy atom. The van der Waals surface area contributed by atoms with Gasteiger partial charge in [-0.3, -0.25) is 13.8 Å². The maximum atomic E-state index is 12.5. The maximum absolute atomic E-state index is 12.5. The van der Waals surface area contributed by atoms with E-state index in [2.05, 4.69) is 74.6 Å². The molecule has 0 saturated heterocycles. The van der Waals surface area contributed by atoms with Crippen LogP contribution in [0.15, 0.2) is 60.8 Å². The van der Waals surface area contributed by atoms with Crippen molar-refractivity contribution in [3.05, 3.63) is 60.8 Å². The van der Waals surface area contributed by atoms with Gasteiger partial charge in [0.1, 0.15) is 6.10 Å². The minimum absolute atomic E-state index is 0.0617. The Kier molecular flexibility index (Phi) is 37.0. The van der Waals surface area contributed by atoms with E-state index < -0.39 is 13.9 Å². The summed E-state index contributed by atoms with van der Waals surface area (Å²) < 4.78 is 33.2. The van der Waals surface area contributed by atoms with Crippen LogP contribution < -0.4 is 5.73 Å². The van der Waals surface area contributed by atoms with Crippen molar-refractivity contribution in [2.45, 2.75) is 161 Å². The third kappa shape index (κ3) is 37.5. The van der Waals surface area contributed by atoms with Gasteiger partial charge in [-0.2, -0.15) is 0 Å². The van der Waals surface area contributed by atoms with Gasteiger partial charge in [0.25, 0.3) is 0 Å². The number of ether oxygens (including phenoxy) is 2. The highest BCUT2D eigenvalue weighted by Crippen LogP contribution is 2.43. The molecule has 0 radical (unpaired) electrons. The zero-order chi connectivity index (χ0) is 36.6. The molecule has 2 atom stereocenters.